The average Bonchev–Trinajstić information content (AvgIpc) is 2.34. The van der Waals surface area contributed by atoms with E-state index in [-0.39, 0.29) is 0 Å². The van der Waals surface area contributed by atoms with E-state index in [2.05, 4.69) is 41.2 Å². The molecule has 1 fully saturated rings. The van der Waals surface area contributed by atoms with Crippen LogP contribution in [0.4, 0.5) is 0 Å². The molecule has 100 valence electrons. The van der Waals surface area contributed by atoms with Crippen LogP contribution in [0.1, 0.15) is 31.5 Å². The Morgan fingerprint density at radius 1 is 1.39 bits per heavy atom. The van der Waals surface area contributed by atoms with E-state index in [9.17, 15) is 0 Å². The van der Waals surface area contributed by atoms with Crippen molar-refractivity contribution in [3.63, 3.8) is 0 Å². The summed E-state index contributed by atoms with van der Waals surface area (Å²) in [4.78, 5) is 6.95. The second-order valence-electron chi connectivity index (χ2n) is 5.75. The van der Waals surface area contributed by atoms with Crippen LogP contribution >= 0.6 is 0 Å². The summed E-state index contributed by atoms with van der Waals surface area (Å²) < 4.78 is 0. The molecule has 0 amide bonds. The second kappa shape index (κ2) is 6.30. The largest absolute Gasteiger partial charge is 0.314 e. The van der Waals surface area contributed by atoms with Gasteiger partial charge in [0.05, 0.1) is 0 Å². The van der Waals surface area contributed by atoms with Crippen LogP contribution in [0.5, 0.6) is 0 Å². The highest BCUT2D eigenvalue weighted by molar-refractivity contribution is 5.13. The van der Waals surface area contributed by atoms with E-state index in [1.54, 1.807) is 0 Å². The summed E-state index contributed by atoms with van der Waals surface area (Å²) in [5.74, 6) is 0.714. The van der Waals surface area contributed by atoms with Gasteiger partial charge < -0.3 is 5.32 Å². The van der Waals surface area contributed by atoms with Gasteiger partial charge in [-0.2, -0.15) is 0 Å². The fourth-order valence-electron chi connectivity index (χ4n) is 2.47. The Morgan fingerprint density at radius 2 is 2.22 bits per heavy atom. The highest BCUT2D eigenvalue weighted by Crippen LogP contribution is 2.11. The minimum Gasteiger partial charge on any atom is -0.314 e. The van der Waals surface area contributed by atoms with E-state index in [1.165, 1.54) is 25.1 Å². The summed E-state index contributed by atoms with van der Waals surface area (Å²) in [7, 11) is 0. The molecular formula is C15H25N3. The molecule has 2 atom stereocenters. The van der Waals surface area contributed by atoms with Crippen molar-refractivity contribution in [3.8, 4) is 0 Å². The van der Waals surface area contributed by atoms with E-state index >= 15 is 0 Å². The average molecular weight is 247 g/mol. The topological polar surface area (TPSA) is 28.2 Å². The molecule has 0 aromatic carbocycles. The van der Waals surface area contributed by atoms with Crippen molar-refractivity contribution in [2.24, 2.45) is 5.92 Å². The summed E-state index contributed by atoms with van der Waals surface area (Å²) in [6.07, 6.45) is 3.24. The van der Waals surface area contributed by atoms with Crippen LogP contribution < -0.4 is 5.32 Å². The summed E-state index contributed by atoms with van der Waals surface area (Å²) in [6, 6.07) is 4.94. The van der Waals surface area contributed by atoms with E-state index in [0.717, 1.165) is 18.8 Å². The van der Waals surface area contributed by atoms with E-state index in [4.69, 9.17) is 0 Å². The molecule has 0 bridgehead atoms. The minimum absolute atomic E-state index is 0.631. The van der Waals surface area contributed by atoms with Crippen LogP contribution in [-0.4, -0.2) is 35.6 Å². The van der Waals surface area contributed by atoms with Crippen LogP contribution in [0.2, 0.25) is 0 Å². The van der Waals surface area contributed by atoms with Gasteiger partial charge in [0.2, 0.25) is 0 Å². The highest BCUT2D eigenvalue weighted by atomic mass is 15.1. The van der Waals surface area contributed by atoms with Gasteiger partial charge in [0.1, 0.15) is 0 Å². The number of hydrogen-bond acceptors (Lipinski definition) is 3. The molecule has 3 nitrogen and oxygen atoms in total. The summed E-state index contributed by atoms with van der Waals surface area (Å²) in [6.45, 7) is 11.2. The number of pyridine rings is 1. The van der Waals surface area contributed by atoms with Crippen LogP contribution in [0, 0.1) is 12.8 Å². The predicted octanol–water partition coefficient (Wildman–Crippen LogP) is 2.21. The first-order chi connectivity index (χ1) is 8.63. The third-order valence-corrected chi connectivity index (χ3v) is 3.64. The Kier molecular flexibility index (Phi) is 4.72. The SMILES string of the molecule is Cc1ccc(CN2CCC(C)NCC(C)C2)cn1. The van der Waals surface area contributed by atoms with Crippen molar-refractivity contribution in [1.82, 2.24) is 15.2 Å². The quantitative estimate of drug-likeness (QED) is 0.868. The maximum absolute atomic E-state index is 4.38. The van der Waals surface area contributed by atoms with Crippen molar-refractivity contribution in [2.75, 3.05) is 19.6 Å². The van der Waals surface area contributed by atoms with Gasteiger partial charge in [-0.3, -0.25) is 9.88 Å². The van der Waals surface area contributed by atoms with Gasteiger partial charge in [-0.25, -0.2) is 0 Å². The summed E-state index contributed by atoms with van der Waals surface area (Å²) in [5.41, 5.74) is 2.42. The normalized spacial score (nSPS) is 26.6. The molecule has 1 aromatic rings. The fraction of sp³-hybridized carbons (Fsp3) is 0.667. The summed E-state index contributed by atoms with van der Waals surface area (Å²) >= 11 is 0. The van der Waals surface area contributed by atoms with Crippen LogP contribution in [0.3, 0.4) is 0 Å². The van der Waals surface area contributed by atoms with E-state index in [0.29, 0.717) is 12.0 Å². The molecular weight excluding hydrogens is 222 g/mol. The van der Waals surface area contributed by atoms with Gasteiger partial charge in [-0.05, 0) is 50.9 Å². The maximum Gasteiger partial charge on any atom is 0.0372 e. The molecule has 1 aliphatic heterocycles. The first-order valence-corrected chi connectivity index (χ1v) is 7.01. The van der Waals surface area contributed by atoms with Crippen molar-refractivity contribution >= 4 is 0 Å². The number of rotatable bonds is 2. The molecule has 1 saturated heterocycles. The molecule has 18 heavy (non-hydrogen) atoms. The first-order valence-electron chi connectivity index (χ1n) is 7.01. The zero-order valence-electron chi connectivity index (χ0n) is 11.8. The lowest BCUT2D eigenvalue weighted by molar-refractivity contribution is 0.194. The molecule has 1 aromatic heterocycles. The first kappa shape index (κ1) is 13.5. The Morgan fingerprint density at radius 3 is 2.94 bits per heavy atom. The Labute approximate surface area is 111 Å². The molecule has 0 spiro atoms. The second-order valence-corrected chi connectivity index (χ2v) is 5.75. The van der Waals surface area contributed by atoms with Crippen molar-refractivity contribution in [1.29, 1.82) is 0 Å². The molecule has 3 heteroatoms. The van der Waals surface area contributed by atoms with Crippen molar-refractivity contribution in [3.05, 3.63) is 29.6 Å². The molecule has 2 rings (SSSR count). The van der Waals surface area contributed by atoms with Crippen molar-refractivity contribution < 1.29 is 0 Å². The molecule has 0 aliphatic carbocycles. The molecule has 2 heterocycles. The van der Waals surface area contributed by atoms with Gasteiger partial charge in [0, 0.05) is 31.0 Å². The lowest BCUT2D eigenvalue weighted by Gasteiger charge is -2.31. The Balaban J connectivity index is 1.95. The molecule has 1 aliphatic rings. The molecule has 0 radical (unpaired) electrons. The van der Waals surface area contributed by atoms with Crippen LogP contribution in [0.15, 0.2) is 18.3 Å². The third-order valence-electron chi connectivity index (χ3n) is 3.64. The van der Waals surface area contributed by atoms with Gasteiger partial charge in [-0.1, -0.05) is 13.0 Å². The van der Waals surface area contributed by atoms with Gasteiger partial charge >= 0.3 is 0 Å². The fourth-order valence-corrected chi connectivity index (χ4v) is 2.47. The highest BCUT2D eigenvalue weighted by Gasteiger charge is 2.16. The maximum atomic E-state index is 4.38. The monoisotopic (exact) mass is 247 g/mol. The standard InChI is InChI=1S/C15H25N3/c1-12-8-16-14(3)6-7-18(10-12)11-15-5-4-13(2)17-9-15/h4-5,9,12,14,16H,6-8,10-11H2,1-3H3. The minimum atomic E-state index is 0.631. The number of aromatic nitrogens is 1. The number of aryl methyl sites for hydroxylation is 1. The van der Waals surface area contributed by atoms with Gasteiger partial charge in [-0.15, -0.1) is 0 Å². The lowest BCUT2D eigenvalue weighted by Crippen LogP contribution is -2.42. The zero-order valence-corrected chi connectivity index (χ0v) is 11.8. The Hall–Kier alpha value is -0.930. The number of nitrogens with one attached hydrogen (secondary N) is 1. The lowest BCUT2D eigenvalue weighted by atomic mass is 10.1. The third kappa shape index (κ3) is 4.07. The van der Waals surface area contributed by atoms with Crippen LogP contribution in [0.25, 0.3) is 0 Å². The molecule has 1 N–H and O–H groups in total. The van der Waals surface area contributed by atoms with Gasteiger partial charge in [0.25, 0.3) is 0 Å². The van der Waals surface area contributed by atoms with Crippen LogP contribution in [-0.2, 0) is 6.54 Å². The molecule has 2 unspecified atom stereocenters. The zero-order chi connectivity index (χ0) is 13.0. The number of hydrogen-bond donors (Lipinski definition) is 1. The molecule has 0 saturated carbocycles. The summed E-state index contributed by atoms with van der Waals surface area (Å²) in [5, 5.41) is 3.59. The van der Waals surface area contributed by atoms with Gasteiger partial charge in [0.15, 0.2) is 0 Å². The van der Waals surface area contributed by atoms with E-state index in [1.807, 2.05) is 13.1 Å². The van der Waals surface area contributed by atoms with Crippen molar-refractivity contribution in [2.45, 2.75) is 39.8 Å². The van der Waals surface area contributed by atoms with E-state index < -0.39 is 0 Å². The number of nitrogens with zero attached hydrogens (tertiary/aromatic N) is 2. The Bertz CT molecular complexity index is 361. The predicted molar refractivity (Wildman–Crippen MR) is 75.5 cm³/mol. The smallest absolute Gasteiger partial charge is 0.0372 e.